The lowest BCUT2D eigenvalue weighted by molar-refractivity contribution is 0.415. The first kappa shape index (κ1) is 19.0. The molecule has 1 aromatic heterocycles. The minimum Gasteiger partial charge on any atom is -0.495 e. The third-order valence-corrected chi connectivity index (χ3v) is 4.38. The van der Waals surface area contributed by atoms with Crippen LogP contribution in [0.2, 0.25) is 5.02 Å². The van der Waals surface area contributed by atoms with Crippen LogP contribution in [0, 0.1) is 0 Å². The molecule has 0 bridgehead atoms. The van der Waals surface area contributed by atoms with Crippen molar-refractivity contribution in [3.05, 3.63) is 65.3 Å². The van der Waals surface area contributed by atoms with Crippen molar-refractivity contribution in [1.29, 1.82) is 0 Å². The average molecular weight is 383 g/mol. The third-order valence-electron chi connectivity index (χ3n) is 4.09. The van der Waals surface area contributed by atoms with E-state index in [1.54, 1.807) is 25.4 Å². The molecule has 0 aliphatic heterocycles. The topological polar surface area (TPSA) is 59.1 Å². The van der Waals surface area contributed by atoms with Crippen LogP contribution in [0.1, 0.15) is 26.3 Å². The van der Waals surface area contributed by atoms with Gasteiger partial charge in [-0.3, -0.25) is 0 Å². The van der Waals surface area contributed by atoms with Crippen molar-refractivity contribution >= 4 is 34.7 Å². The minimum atomic E-state index is 0.124. The highest BCUT2D eigenvalue weighted by atomic mass is 35.5. The highest BCUT2D eigenvalue weighted by Crippen LogP contribution is 2.29. The van der Waals surface area contributed by atoms with Crippen molar-refractivity contribution in [1.82, 2.24) is 9.97 Å². The van der Waals surface area contributed by atoms with E-state index < -0.39 is 0 Å². The van der Waals surface area contributed by atoms with Gasteiger partial charge in [-0.15, -0.1) is 0 Å². The normalized spacial score (nSPS) is 11.1. The molecule has 0 fully saturated rings. The molecular formula is C21H23ClN4O. The molecule has 0 spiro atoms. The summed E-state index contributed by atoms with van der Waals surface area (Å²) in [6.07, 6.45) is 1.70. The Kier molecular flexibility index (Phi) is 5.51. The molecule has 3 aromatic rings. The number of ether oxygens (including phenoxy) is 1. The van der Waals surface area contributed by atoms with Gasteiger partial charge in [0.2, 0.25) is 5.95 Å². The lowest BCUT2D eigenvalue weighted by Crippen LogP contribution is -2.10. The largest absolute Gasteiger partial charge is 0.495 e. The van der Waals surface area contributed by atoms with E-state index in [0.717, 1.165) is 11.4 Å². The van der Waals surface area contributed by atoms with Gasteiger partial charge in [0.05, 0.1) is 12.1 Å². The number of hydrogen-bond acceptors (Lipinski definition) is 5. The first-order chi connectivity index (χ1) is 12.8. The van der Waals surface area contributed by atoms with Gasteiger partial charge in [0.15, 0.2) is 0 Å². The molecule has 140 valence electrons. The summed E-state index contributed by atoms with van der Waals surface area (Å²) < 4.78 is 5.17. The number of halogens is 1. The standard InChI is InChI=1S/C21H23ClN4O/c1-21(2,3)14-5-7-15(8-6-14)25-20-23-12-11-19(26-20)24-16-9-10-18(27-4)17(22)13-16/h5-13H,1-4H3,(H2,23,24,25,26). The Morgan fingerprint density at radius 3 is 2.26 bits per heavy atom. The molecule has 0 radical (unpaired) electrons. The van der Waals surface area contributed by atoms with E-state index in [1.165, 1.54) is 5.56 Å². The van der Waals surface area contributed by atoms with Crippen LogP contribution >= 0.6 is 11.6 Å². The van der Waals surface area contributed by atoms with Crippen molar-refractivity contribution in [2.45, 2.75) is 26.2 Å². The van der Waals surface area contributed by atoms with Crippen molar-refractivity contribution in [3.8, 4) is 5.75 Å². The Bertz CT molecular complexity index is 920. The zero-order chi connectivity index (χ0) is 19.4. The maximum atomic E-state index is 6.17. The fourth-order valence-electron chi connectivity index (χ4n) is 2.56. The Morgan fingerprint density at radius 1 is 0.926 bits per heavy atom. The van der Waals surface area contributed by atoms with Crippen LogP contribution in [0.15, 0.2) is 54.7 Å². The first-order valence-electron chi connectivity index (χ1n) is 8.66. The molecule has 0 aliphatic rings. The van der Waals surface area contributed by atoms with Gasteiger partial charge in [-0.1, -0.05) is 44.5 Å². The van der Waals surface area contributed by atoms with Gasteiger partial charge in [-0.25, -0.2) is 4.98 Å². The summed E-state index contributed by atoms with van der Waals surface area (Å²) in [6, 6.07) is 15.6. The Balaban J connectivity index is 1.73. The Hall–Kier alpha value is -2.79. The SMILES string of the molecule is COc1ccc(Nc2ccnc(Nc3ccc(C(C)(C)C)cc3)n2)cc1Cl. The molecule has 2 N–H and O–H groups in total. The maximum Gasteiger partial charge on any atom is 0.229 e. The molecule has 2 aromatic carbocycles. The van der Waals surface area contributed by atoms with E-state index in [4.69, 9.17) is 16.3 Å². The minimum absolute atomic E-state index is 0.124. The Morgan fingerprint density at radius 2 is 1.63 bits per heavy atom. The number of rotatable bonds is 5. The summed E-state index contributed by atoms with van der Waals surface area (Å²) in [5.41, 5.74) is 3.16. The van der Waals surface area contributed by atoms with Gasteiger partial charge in [-0.2, -0.15) is 4.98 Å². The van der Waals surface area contributed by atoms with E-state index in [2.05, 4.69) is 53.5 Å². The Labute approximate surface area is 164 Å². The van der Waals surface area contributed by atoms with Crippen LogP contribution < -0.4 is 15.4 Å². The van der Waals surface area contributed by atoms with Crippen LogP contribution in [-0.4, -0.2) is 17.1 Å². The van der Waals surface area contributed by atoms with Crippen LogP contribution in [0.4, 0.5) is 23.1 Å². The van der Waals surface area contributed by atoms with Gasteiger partial charge in [0, 0.05) is 17.6 Å². The van der Waals surface area contributed by atoms with E-state index in [9.17, 15) is 0 Å². The van der Waals surface area contributed by atoms with Crippen LogP contribution in [0.25, 0.3) is 0 Å². The molecule has 1 heterocycles. The lowest BCUT2D eigenvalue weighted by atomic mass is 9.87. The van der Waals surface area contributed by atoms with Gasteiger partial charge < -0.3 is 15.4 Å². The van der Waals surface area contributed by atoms with E-state index in [-0.39, 0.29) is 5.41 Å². The molecule has 6 heteroatoms. The van der Waals surface area contributed by atoms with Gasteiger partial charge in [0.1, 0.15) is 11.6 Å². The first-order valence-corrected chi connectivity index (χ1v) is 9.04. The zero-order valence-electron chi connectivity index (χ0n) is 15.9. The average Bonchev–Trinajstić information content (AvgIpc) is 2.62. The van der Waals surface area contributed by atoms with E-state index in [0.29, 0.717) is 22.5 Å². The maximum absolute atomic E-state index is 6.17. The molecule has 0 saturated heterocycles. The smallest absolute Gasteiger partial charge is 0.229 e. The van der Waals surface area contributed by atoms with E-state index >= 15 is 0 Å². The quantitative estimate of drug-likeness (QED) is 0.573. The molecule has 0 atom stereocenters. The summed E-state index contributed by atoms with van der Waals surface area (Å²) in [7, 11) is 1.59. The molecule has 5 nitrogen and oxygen atoms in total. The number of nitrogens with one attached hydrogen (secondary N) is 2. The molecular weight excluding hydrogens is 360 g/mol. The predicted octanol–water partition coefficient (Wildman–Crippen LogP) is 5.92. The number of anilines is 4. The highest BCUT2D eigenvalue weighted by molar-refractivity contribution is 6.32. The summed E-state index contributed by atoms with van der Waals surface area (Å²) >= 11 is 6.17. The third kappa shape index (κ3) is 4.89. The lowest BCUT2D eigenvalue weighted by Gasteiger charge is -2.19. The van der Waals surface area contributed by atoms with Crippen molar-refractivity contribution < 1.29 is 4.74 Å². The summed E-state index contributed by atoms with van der Waals surface area (Å²) in [4.78, 5) is 8.78. The number of aromatic nitrogens is 2. The molecule has 0 saturated carbocycles. The van der Waals surface area contributed by atoms with Crippen molar-refractivity contribution in [3.63, 3.8) is 0 Å². The van der Waals surface area contributed by atoms with Crippen molar-refractivity contribution in [2.75, 3.05) is 17.7 Å². The fourth-order valence-corrected chi connectivity index (χ4v) is 2.82. The van der Waals surface area contributed by atoms with Gasteiger partial charge >= 0.3 is 0 Å². The summed E-state index contributed by atoms with van der Waals surface area (Å²) in [5.74, 6) is 1.81. The number of benzene rings is 2. The van der Waals surface area contributed by atoms with Crippen LogP contribution in [0.3, 0.4) is 0 Å². The molecule has 3 rings (SSSR count). The van der Waals surface area contributed by atoms with Crippen LogP contribution in [0.5, 0.6) is 5.75 Å². The van der Waals surface area contributed by atoms with Crippen molar-refractivity contribution in [2.24, 2.45) is 0 Å². The molecule has 0 amide bonds. The number of methoxy groups -OCH3 is 1. The van der Waals surface area contributed by atoms with Crippen LogP contribution in [-0.2, 0) is 5.41 Å². The second-order valence-electron chi connectivity index (χ2n) is 7.19. The number of hydrogen-bond donors (Lipinski definition) is 2. The second-order valence-corrected chi connectivity index (χ2v) is 7.60. The monoisotopic (exact) mass is 382 g/mol. The van der Waals surface area contributed by atoms with E-state index in [1.807, 2.05) is 24.3 Å². The molecule has 27 heavy (non-hydrogen) atoms. The zero-order valence-corrected chi connectivity index (χ0v) is 16.6. The van der Waals surface area contributed by atoms with Gasteiger partial charge in [-0.05, 0) is 47.4 Å². The second kappa shape index (κ2) is 7.84. The predicted molar refractivity (Wildman–Crippen MR) is 112 cm³/mol. The summed E-state index contributed by atoms with van der Waals surface area (Å²) in [5, 5.41) is 6.99. The fraction of sp³-hybridized carbons (Fsp3) is 0.238. The molecule has 0 unspecified atom stereocenters. The number of nitrogens with zero attached hydrogens (tertiary/aromatic N) is 2. The van der Waals surface area contributed by atoms with Gasteiger partial charge in [0.25, 0.3) is 0 Å². The summed E-state index contributed by atoms with van der Waals surface area (Å²) in [6.45, 7) is 6.58. The molecule has 0 aliphatic carbocycles. The highest BCUT2D eigenvalue weighted by Gasteiger charge is 2.13.